The van der Waals surface area contributed by atoms with Crippen LogP contribution < -0.4 is 10.2 Å². The highest BCUT2D eigenvalue weighted by molar-refractivity contribution is 5.93. The zero-order chi connectivity index (χ0) is 14.3. The largest absolute Gasteiger partial charge is 0.454 e. The summed E-state index contributed by atoms with van der Waals surface area (Å²) in [6.07, 6.45) is 0. The number of methoxy groups -OCH3 is 1. The monoisotopic (exact) mass is 266 g/mol. The first-order valence-electron chi connectivity index (χ1n) is 5.74. The number of rotatable bonds is 6. The lowest BCUT2D eigenvalue weighted by Gasteiger charge is -2.13. The molecule has 0 heterocycles. The number of nitrogens with one attached hydrogen (secondary N) is 1. The van der Waals surface area contributed by atoms with E-state index in [1.54, 1.807) is 12.1 Å². The van der Waals surface area contributed by atoms with Crippen LogP contribution in [0.5, 0.6) is 0 Å². The first-order chi connectivity index (χ1) is 9.02. The number of nitrogens with zero attached hydrogens (tertiary/aromatic N) is 1. The number of carbonyl (C=O) groups excluding carboxylic acids is 2. The number of benzene rings is 1. The van der Waals surface area contributed by atoms with Gasteiger partial charge in [0.25, 0.3) is 5.91 Å². The van der Waals surface area contributed by atoms with Gasteiger partial charge >= 0.3 is 5.97 Å². The maximum absolute atomic E-state index is 11.5. The lowest BCUT2D eigenvalue weighted by molar-refractivity contribution is -0.150. The van der Waals surface area contributed by atoms with Crippen molar-refractivity contribution in [1.82, 2.24) is 0 Å². The smallest absolute Gasteiger partial charge is 0.332 e. The summed E-state index contributed by atoms with van der Waals surface area (Å²) in [5.74, 6) is -0.956. The van der Waals surface area contributed by atoms with Crippen LogP contribution in [0.25, 0.3) is 0 Å². The highest BCUT2D eigenvalue weighted by atomic mass is 16.6. The van der Waals surface area contributed by atoms with Crippen LogP contribution in [0.3, 0.4) is 0 Å². The molecule has 0 unspecified atom stereocenters. The van der Waals surface area contributed by atoms with Crippen LogP contribution >= 0.6 is 0 Å². The van der Waals surface area contributed by atoms with E-state index in [9.17, 15) is 9.59 Å². The number of anilines is 2. The Morgan fingerprint density at radius 3 is 2.32 bits per heavy atom. The average Bonchev–Trinajstić information content (AvgIpc) is 2.37. The Kier molecular flexibility index (Phi) is 5.81. The van der Waals surface area contributed by atoms with Gasteiger partial charge in [0.2, 0.25) is 0 Å². The van der Waals surface area contributed by atoms with Gasteiger partial charge in [-0.05, 0) is 24.3 Å². The molecule has 0 bridgehead atoms. The van der Waals surface area contributed by atoms with Crippen molar-refractivity contribution in [2.75, 3.05) is 44.6 Å². The molecule has 19 heavy (non-hydrogen) atoms. The summed E-state index contributed by atoms with van der Waals surface area (Å²) in [7, 11) is 5.25. The van der Waals surface area contributed by atoms with Crippen molar-refractivity contribution in [3.05, 3.63) is 24.3 Å². The fourth-order valence-corrected chi connectivity index (χ4v) is 1.35. The van der Waals surface area contributed by atoms with Crippen molar-refractivity contribution < 1.29 is 19.1 Å². The second-order valence-electron chi connectivity index (χ2n) is 4.08. The van der Waals surface area contributed by atoms with Crippen molar-refractivity contribution in [3.8, 4) is 0 Å². The number of ether oxygens (including phenoxy) is 2. The summed E-state index contributed by atoms with van der Waals surface area (Å²) in [5.41, 5.74) is 1.68. The second-order valence-corrected chi connectivity index (χ2v) is 4.08. The SMILES string of the molecule is COCC(=O)OCC(=O)Nc1ccc(N(C)C)cc1. The lowest BCUT2D eigenvalue weighted by Crippen LogP contribution is -2.22. The normalized spacial score (nSPS) is 9.84. The maximum Gasteiger partial charge on any atom is 0.332 e. The quantitative estimate of drug-likeness (QED) is 0.774. The number of esters is 1. The first-order valence-corrected chi connectivity index (χ1v) is 5.74. The van der Waals surface area contributed by atoms with Crippen molar-refractivity contribution >= 4 is 23.3 Å². The van der Waals surface area contributed by atoms with Crippen molar-refractivity contribution in [3.63, 3.8) is 0 Å². The van der Waals surface area contributed by atoms with Gasteiger partial charge in [-0.2, -0.15) is 0 Å². The predicted molar refractivity (Wildman–Crippen MR) is 72.2 cm³/mol. The van der Waals surface area contributed by atoms with Crippen LogP contribution in [0, 0.1) is 0 Å². The molecule has 1 aromatic carbocycles. The molecule has 0 aliphatic heterocycles. The third-order valence-electron chi connectivity index (χ3n) is 2.29. The molecule has 0 aliphatic carbocycles. The van der Waals surface area contributed by atoms with Gasteiger partial charge in [0, 0.05) is 32.6 Å². The number of carbonyl (C=O) groups is 2. The lowest BCUT2D eigenvalue weighted by atomic mass is 10.2. The Morgan fingerprint density at radius 1 is 1.16 bits per heavy atom. The van der Waals surface area contributed by atoms with Crippen LogP contribution in [-0.4, -0.2) is 46.3 Å². The molecule has 0 radical (unpaired) electrons. The van der Waals surface area contributed by atoms with Gasteiger partial charge in [0.1, 0.15) is 6.61 Å². The predicted octanol–water partition coefficient (Wildman–Crippen LogP) is 0.881. The fourth-order valence-electron chi connectivity index (χ4n) is 1.35. The maximum atomic E-state index is 11.5. The second kappa shape index (κ2) is 7.38. The third kappa shape index (κ3) is 5.39. The van der Waals surface area contributed by atoms with E-state index in [1.807, 2.05) is 31.1 Å². The van der Waals surface area contributed by atoms with E-state index >= 15 is 0 Å². The van der Waals surface area contributed by atoms with Gasteiger partial charge in [0.05, 0.1) is 0 Å². The molecule has 6 nitrogen and oxygen atoms in total. The Hall–Kier alpha value is -2.08. The zero-order valence-electron chi connectivity index (χ0n) is 11.3. The number of amides is 1. The first kappa shape index (κ1) is 15.0. The van der Waals surface area contributed by atoms with Gasteiger partial charge in [-0.15, -0.1) is 0 Å². The molecule has 0 saturated carbocycles. The summed E-state index contributed by atoms with van der Waals surface area (Å²) in [4.78, 5) is 24.4. The summed E-state index contributed by atoms with van der Waals surface area (Å²) in [6.45, 7) is -0.484. The van der Waals surface area contributed by atoms with Gasteiger partial charge < -0.3 is 19.7 Å². The van der Waals surface area contributed by atoms with E-state index in [0.29, 0.717) is 5.69 Å². The highest BCUT2D eigenvalue weighted by Gasteiger charge is 2.07. The average molecular weight is 266 g/mol. The minimum Gasteiger partial charge on any atom is -0.454 e. The molecule has 1 N–H and O–H groups in total. The molecule has 1 aromatic rings. The molecule has 0 saturated heterocycles. The summed E-state index contributed by atoms with van der Waals surface area (Å²) in [5, 5.41) is 2.63. The third-order valence-corrected chi connectivity index (χ3v) is 2.29. The molecule has 0 fully saturated rings. The van der Waals surface area contributed by atoms with Crippen LogP contribution in [0.2, 0.25) is 0 Å². The minimum absolute atomic E-state index is 0.162. The zero-order valence-corrected chi connectivity index (χ0v) is 11.3. The number of hydrogen-bond donors (Lipinski definition) is 1. The minimum atomic E-state index is -0.569. The molecule has 104 valence electrons. The Labute approximate surface area is 112 Å². The van der Waals surface area contributed by atoms with Crippen molar-refractivity contribution in [2.45, 2.75) is 0 Å². The Morgan fingerprint density at radius 2 is 1.79 bits per heavy atom. The molecular weight excluding hydrogens is 248 g/mol. The molecule has 0 spiro atoms. The number of hydrogen-bond acceptors (Lipinski definition) is 5. The topological polar surface area (TPSA) is 67.9 Å². The van der Waals surface area contributed by atoms with Gasteiger partial charge in [-0.3, -0.25) is 4.79 Å². The van der Waals surface area contributed by atoms with E-state index in [4.69, 9.17) is 4.74 Å². The Balaban J connectivity index is 2.42. The van der Waals surface area contributed by atoms with Crippen LogP contribution in [-0.2, 0) is 19.1 Å². The van der Waals surface area contributed by atoms with Crippen LogP contribution in [0.15, 0.2) is 24.3 Å². The van der Waals surface area contributed by atoms with E-state index in [1.165, 1.54) is 7.11 Å². The van der Waals surface area contributed by atoms with E-state index in [-0.39, 0.29) is 19.1 Å². The van der Waals surface area contributed by atoms with Gasteiger partial charge in [-0.25, -0.2) is 4.79 Å². The van der Waals surface area contributed by atoms with Crippen molar-refractivity contribution in [2.24, 2.45) is 0 Å². The van der Waals surface area contributed by atoms with Crippen LogP contribution in [0.1, 0.15) is 0 Å². The summed E-state index contributed by atoms with van der Waals surface area (Å²) in [6, 6.07) is 7.33. The molecular formula is C13H18N2O4. The standard InChI is InChI=1S/C13H18N2O4/c1-15(2)11-6-4-10(5-7-11)14-12(16)8-19-13(17)9-18-3/h4-7H,8-9H2,1-3H3,(H,14,16). The summed E-state index contributed by atoms with van der Waals surface area (Å²) < 4.78 is 9.27. The molecule has 1 rings (SSSR count). The van der Waals surface area contributed by atoms with Crippen molar-refractivity contribution in [1.29, 1.82) is 0 Å². The van der Waals surface area contributed by atoms with E-state index in [2.05, 4.69) is 10.1 Å². The molecule has 1 amide bonds. The van der Waals surface area contributed by atoms with Crippen LogP contribution in [0.4, 0.5) is 11.4 Å². The Bertz CT molecular complexity index is 429. The van der Waals surface area contributed by atoms with Gasteiger partial charge in [-0.1, -0.05) is 0 Å². The van der Waals surface area contributed by atoms with Gasteiger partial charge in [0.15, 0.2) is 6.61 Å². The molecule has 6 heteroatoms. The highest BCUT2D eigenvalue weighted by Crippen LogP contribution is 2.15. The fraction of sp³-hybridized carbons (Fsp3) is 0.385. The summed E-state index contributed by atoms with van der Waals surface area (Å²) >= 11 is 0. The van der Waals surface area contributed by atoms with E-state index in [0.717, 1.165) is 5.69 Å². The molecule has 0 aromatic heterocycles. The van der Waals surface area contributed by atoms with E-state index < -0.39 is 5.97 Å². The molecule has 0 atom stereocenters. The molecule has 0 aliphatic rings.